The Morgan fingerprint density at radius 3 is 3.00 bits per heavy atom. The van der Waals surface area contributed by atoms with Gasteiger partial charge in [-0.15, -0.1) is 0 Å². The smallest absolute Gasteiger partial charge is 0.220 e. The summed E-state index contributed by atoms with van der Waals surface area (Å²) in [5, 5.41) is 2.97. The number of carbonyl (C=O) groups excluding carboxylic acids is 1. The summed E-state index contributed by atoms with van der Waals surface area (Å²) in [6.07, 6.45) is 11.4. The first-order valence-corrected chi connectivity index (χ1v) is 6.63. The first-order valence-electron chi connectivity index (χ1n) is 6.63. The lowest BCUT2D eigenvalue weighted by Gasteiger charge is -2.17. The molecule has 0 aliphatic heterocycles. The van der Waals surface area contributed by atoms with Gasteiger partial charge in [-0.3, -0.25) is 4.79 Å². The van der Waals surface area contributed by atoms with Crippen LogP contribution in [-0.4, -0.2) is 15.5 Å². The van der Waals surface area contributed by atoms with Crippen LogP contribution in [-0.2, 0) is 18.4 Å². The van der Waals surface area contributed by atoms with Gasteiger partial charge in [0.15, 0.2) is 0 Å². The van der Waals surface area contributed by atoms with Gasteiger partial charge in [0.1, 0.15) is 5.82 Å². The number of fused-ring (bicyclic) bond motifs is 2. The van der Waals surface area contributed by atoms with Gasteiger partial charge >= 0.3 is 0 Å². The lowest BCUT2D eigenvalue weighted by Crippen LogP contribution is -2.27. The zero-order chi connectivity index (χ0) is 12.5. The summed E-state index contributed by atoms with van der Waals surface area (Å²) in [5.41, 5.74) is 0. The molecule has 0 saturated heterocycles. The number of hydrogen-bond donors (Lipinski definition) is 1. The van der Waals surface area contributed by atoms with Crippen molar-refractivity contribution in [1.82, 2.24) is 14.9 Å². The number of aryl methyl sites for hydroxylation is 1. The van der Waals surface area contributed by atoms with Crippen molar-refractivity contribution in [2.45, 2.75) is 25.8 Å². The topological polar surface area (TPSA) is 46.9 Å². The minimum absolute atomic E-state index is 0.156. The van der Waals surface area contributed by atoms with E-state index in [0.29, 0.717) is 24.8 Å². The van der Waals surface area contributed by atoms with E-state index < -0.39 is 0 Å². The molecule has 0 spiro atoms. The highest BCUT2D eigenvalue weighted by Gasteiger charge is 2.36. The maximum atomic E-state index is 11.9. The fourth-order valence-electron chi connectivity index (χ4n) is 3.18. The van der Waals surface area contributed by atoms with Crippen molar-refractivity contribution in [3.8, 4) is 0 Å². The monoisotopic (exact) mass is 245 g/mol. The highest BCUT2D eigenvalue weighted by atomic mass is 16.1. The molecule has 4 heteroatoms. The third-order valence-electron chi connectivity index (χ3n) is 4.23. The summed E-state index contributed by atoms with van der Waals surface area (Å²) < 4.78 is 1.93. The Bertz CT molecular complexity index is 477. The number of nitrogens with one attached hydrogen (secondary N) is 1. The molecule has 1 fully saturated rings. The highest BCUT2D eigenvalue weighted by Crippen LogP contribution is 2.44. The molecule has 1 aromatic rings. The Morgan fingerprint density at radius 2 is 2.39 bits per heavy atom. The van der Waals surface area contributed by atoms with E-state index >= 15 is 0 Å². The van der Waals surface area contributed by atoms with E-state index in [1.807, 2.05) is 17.8 Å². The third kappa shape index (κ3) is 2.19. The molecule has 1 saturated carbocycles. The lowest BCUT2D eigenvalue weighted by atomic mass is 9.90. The van der Waals surface area contributed by atoms with Crippen LogP contribution in [0.3, 0.4) is 0 Å². The largest absolute Gasteiger partial charge is 0.349 e. The number of nitrogens with zero attached hydrogens (tertiary/aromatic N) is 2. The van der Waals surface area contributed by atoms with E-state index in [9.17, 15) is 4.79 Å². The average molecular weight is 245 g/mol. The van der Waals surface area contributed by atoms with Crippen LogP contribution in [0.2, 0.25) is 0 Å². The van der Waals surface area contributed by atoms with Crippen LogP contribution in [0.4, 0.5) is 0 Å². The number of carbonyl (C=O) groups is 1. The SMILES string of the molecule is Cn1ccnc1CNC(=O)C[C@@H]1C[C@@H]2C=C[C@H]1C2. The van der Waals surface area contributed by atoms with Crippen molar-refractivity contribution in [3.05, 3.63) is 30.4 Å². The number of rotatable bonds is 4. The van der Waals surface area contributed by atoms with E-state index in [1.165, 1.54) is 12.8 Å². The molecular formula is C14H19N3O. The maximum Gasteiger partial charge on any atom is 0.220 e. The molecule has 0 aromatic carbocycles. The fourth-order valence-corrected chi connectivity index (χ4v) is 3.18. The van der Waals surface area contributed by atoms with E-state index in [0.717, 1.165) is 11.7 Å². The van der Waals surface area contributed by atoms with Crippen LogP contribution in [0.5, 0.6) is 0 Å². The van der Waals surface area contributed by atoms with Gasteiger partial charge in [0.2, 0.25) is 5.91 Å². The summed E-state index contributed by atoms with van der Waals surface area (Å²) in [6.45, 7) is 0.527. The Hall–Kier alpha value is -1.58. The molecule has 1 amide bonds. The number of aromatic nitrogens is 2. The minimum atomic E-state index is 0.156. The molecule has 0 radical (unpaired) electrons. The molecule has 2 aliphatic carbocycles. The molecule has 3 rings (SSSR count). The van der Waals surface area contributed by atoms with E-state index in [1.54, 1.807) is 6.20 Å². The molecule has 3 atom stereocenters. The van der Waals surface area contributed by atoms with Crippen LogP contribution in [0.25, 0.3) is 0 Å². The van der Waals surface area contributed by atoms with Crippen molar-refractivity contribution >= 4 is 5.91 Å². The van der Waals surface area contributed by atoms with Gasteiger partial charge < -0.3 is 9.88 Å². The first kappa shape index (κ1) is 11.5. The van der Waals surface area contributed by atoms with Crippen molar-refractivity contribution in [2.75, 3.05) is 0 Å². The van der Waals surface area contributed by atoms with Crippen LogP contribution in [0.15, 0.2) is 24.5 Å². The van der Waals surface area contributed by atoms with Crippen LogP contribution < -0.4 is 5.32 Å². The molecule has 4 nitrogen and oxygen atoms in total. The maximum absolute atomic E-state index is 11.9. The zero-order valence-corrected chi connectivity index (χ0v) is 10.7. The Labute approximate surface area is 107 Å². The molecule has 18 heavy (non-hydrogen) atoms. The second kappa shape index (κ2) is 4.59. The van der Waals surface area contributed by atoms with E-state index in [-0.39, 0.29) is 5.91 Å². The number of imidazole rings is 1. The number of hydrogen-bond acceptors (Lipinski definition) is 2. The van der Waals surface area contributed by atoms with Gasteiger partial charge in [-0.2, -0.15) is 0 Å². The molecule has 0 unspecified atom stereocenters. The van der Waals surface area contributed by atoms with Gasteiger partial charge in [-0.1, -0.05) is 12.2 Å². The van der Waals surface area contributed by atoms with Gasteiger partial charge in [0.25, 0.3) is 0 Å². The molecule has 2 aliphatic rings. The number of amides is 1. The lowest BCUT2D eigenvalue weighted by molar-refractivity contribution is -0.122. The van der Waals surface area contributed by atoms with Gasteiger partial charge in [0.05, 0.1) is 6.54 Å². The molecule has 1 aromatic heterocycles. The van der Waals surface area contributed by atoms with Crippen LogP contribution >= 0.6 is 0 Å². The second-order valence-electron chi connectivity index (χ2n) is 5.48. The summed E-state index contributed by atoms with van der Waals surface area (Å²) in [7, 11) is 1.94. The van der Waals surface area contributed by atoms with Crippen molar-refractivity contribution in [1.29, 1.82) is 0 Å². The average Bonchev–Trinajstić information content (AvgIpc) is 3.03. The highest BCUT2D eigenvalue weighted by molar-refractivity contribution is 5.76. The molecule has 1 N–H and O–H groups in total. The van der Waals surface area contributed by atoms with Crippen LogP contribution in [0.1, 0.15) is 25.1 Å². The van der Waals surface area contributed by atoms with Gasteiger partial charge in [-0.25, -0.2) is 4.98 Å². The Kier molecular flexibility index (Phi) is 2.94. The van der Waals surface area contributed by atoms with Gasteiger partial charge in [-0.05, 0) is 30.6 Å². The predicted molar refractivity (Wildman–Crippen MR) is 68.5 cm³/mol. The number of allylic oxidation sites excluding steroid dienone is 2. The second-order valence-corrected chi connectivity index (χ2v) is 5.48. The molecule has 1 heterocycles. The summed E-state index contributed by atoms with van der Waals surface area (Å²) >= 11 is 0. The van der Waals surface area contributed by atoms with Crippen molar-refractivity contribution < 1.29 is 4.79 Å². The third-order valence-corrected chi connectivity index (χ3v) is 4.23. The standard InChI is InChI=1S/C14H19N3O/c1-17-5-4-15-13(17)9-16-14(18)8-12-7-10-2-3-11(12)6-10/h2-5,10-12H,6-9H2,1H3,(H,16,18)/t10-,11+,12+/m1/s1. The quantitative estimate of drug-likeness (QED) is 0.820. The van der Waals surface area contributed by atoms with Crippen molar-refractivity contribution in [3.63, 3.8) is 0 Å². The normalized spacial score (nSPS) is 28.8. The molecule has 2 bridgehead atoms. The summed E-state index contributed by atoms with van der Waals surface area (Å²) in [6, 6.07) is 0. The summed E-state index contributed by atoms with van der Waals surface area (Å²) in [4.78, 5) is 16.1. The van der Waals surface area contributed by atoms with E-state index in [4.69, 9.17) is 0 Å². The van der Waals surface area contributed by atoms with E-state index in [2.05, 4.69) is 22.5 Å². The van der Waals surface area contributed by atoms with Crippen molar-refractivity contribution in [2.24, 2.45) is 24.8 Å². The first-order chi connectivity index (χ1) is 8.72. The summed E-state index contributed by atoms with van der Waals surface area (Å²) in [5.74, 6) is 3.00. The molecule has 96 valence electrons. The minimum Gasteiger partial charge on any atom is -0.349 e. The Morgan fingerprint density at radius 1 is 1.50 bits per heavy atom. The van der Waals surface area contributed by atoms with Crippen LogP contribution in [0, 0.1) is 17.8 Å². The van der Waals surface area contributed by atoms with Gasteiger partial charge in [0, 0.05) is 25.9 Å². The Balaban J connectivity index is 1.48. The predicted octanol–water partition coefficient (Wildman–Crippen LogP) is 1.64. The fraction of sp³-hybridized carbons (Fsp3) is 0.571. The molecular weight excluding hydrogens is 226 g/mol. The zero-order valence-electron chi connectivity index (χ0n) is 10.7.